The molecule has 1 aromatic carbocycles. The Labute approximate surface area is 195 Å². The standard InChI is InChI=1S/C16H21BrN2O7S4/c1-9(2)25-15(27)18-29(21,22)14(13(20)11-5-7-12(17)8-6-11)30(23,24)19-16(28)26-10(3)4/h5-10,14H,1-4H3,(H,18,27)(H,19,28). The molecule has 0 fully saturated rings. The molecule has 0 aromatic heterocycles. The van der Waals surface area contributed by atoms with Crippen molar-refractivity contribution < 1.29 is 31.1 Å². The number of sulfonamides is 2. The second kappa shape index (κ2) is 10.8. The summed E-state index contributed by atoms with van der Waals surface area (Å²) >= 11 is 12.8. The molecule has 168 valence electrons. The van der Waals surface area contributed by atoms with Crippen molar-refractivity contribution in [3.05, 3.63) is 34.3 Å². The summed E-state index contributed by atoms with van der Waals surface area (Å²) in [5.74, 6) is -1.22. The van der Waals surface area contributed by atoms with E-state index in [1.165, 1.54) is 24.3 Å². The summed E-state index contributed by atoms with van der Waals surface area (Å²) in [6.45, 7) is 6.35. The third-order valence-electron chi connectivity index (χ3n) is 3.04. The van der Waals surface area contributed by atoms with E-state index in [1.807, 2.05) is 9.44 Å². The molecule has 14 heteroatoms. The first kappa shape index (κ1) is 26.7. The SMILES string of the molecule is CC(C)OC(=S)NS(=O)(=O)C(C(=O)c1ccc(Br)cc1)S(=O)(=O)NC(=S)OC(C)C. The number of hydrogen-bond acceptors (Lipinski definition) is 9. The number of ether oxygens (including phenoxy) is 2. The van der Waals surface area contributed by atoms with Crippen LogP contribution in [0.2, 0.25) is 0 Å². The molecule has 0 unspecified atom stereocenters. The van der Waals surface area contributed by atoms with Crippen LogP contribution in [0.25, 0.3) is 0 Å². The van der Waals surface area contributed by atoms with Gasteiger partial charge in [0.25, 0.3) is 35.0 Å². The van der Waals surface area contributed by atoms with Gasteiger partial charge in [0, 0.05) is 10.0 Å². The van der Waals surface area contributed by atoms with E-state index >= 15 is 0 Å². The Hall–Kier alpha value is -1.35. The Morgan fingerprint density at radius 3 is 1.57 bits per heavy atom. The fourth-order valence-corrected chi connectivity index (χ4v) is 6.59. The lowest BCUT2D eigenvalue weighted by Gasteiger charge is -2.21. The lowest BCUT2D eigenvalue weighted by Crippen LogP contribution is -2.52. The molecule has 30 heavy (non-hydrogen) atoms. The van der Waals surface area contributed by atoms with E-state index in [1.54, 1.807) is 27.7 Å². The van der Waals surface area contributed by atoms with Crippen LogP contribution in [0.5, 0.6) is 0 Å². The van der Waals surface area contributed by atoms with E-state index in [0.717, 1.165) is 0 Å². The lowest BCUT2D eigenvalue weighted by molar-refractivity contribution is 0.101. The second-order valence-corrected chi connectivity index (χ2v) is 11.9. The van der Waals surface area contributed by atoms with Gasteiger partial charge in [-0.1, -0.05) is 28.1 Å². The normalized spacial score (nSPS) is 12.0. The van der Waals surface area contributed by atoms with Crippen LogP contribution in [0.15, 0.2) is 28.7 Å². The molecule has 2 N–H and O–H groups in total. The van der Waals surface area contributed by atoms with Crippen LogP contribution in [0.4, 0.5) is 0 Å². The number of halogens is 1. The second-order valence-electron chi connectivity index (χ2n) is 6.41. The largest absolute Gasteiger partial charge is 0.468 e. The van der Waals surface area contributed by atoms with Crippen molar-refractivity contribution in [2.24, 2.45) is 0 Å². The number of rotatable bonds is 8. The predicted molar refractivity (Wildman–Crippen MR) is 124 cm³/mol. The van der Waals surface area contributed by atoms with Gasteiger partial charge >= 0.3 is 0 Å². The highest BCUT2D eigenvalue weighted by Crippen LogP contribution is 2.18. The van der Waals surface area contributed by atoms with Gasteiger partial charge in [-0.25, -0.2) is 26.3 Å². The summed E-state index contributed by atoms with van der Waals surface area (Å²) < 4.78 is 63.1. The number of ketones is 1. The first-order valence-electron chi connectivity index (χ1n) is 8.40. The Bertz CT molecular complexity index is 953. The minimum Gasteiger partial charge on any atom is -0.468 e. The first-order valence-corrected chi connectivity index (χ1v) is 13.1. The van der Waals surface area contributed by atoms with Crippen molar-refractivity contribution in [1.29, 1.82) is 0 Å². The van der Waals surface area contributed by atoms with E-state index < -0.39 is 53.0 Å². The molecule has 0 saturated carbocycles. The molecule has 0 aliphatic rings. The van der Waals surface area contributed by atoms with Gasteiger partial charge in [0.1, 0.15) is 0 Å². The molecule has 9 nitrogen and oxygen atoms in total. The molecule has 0 amide bonds. The third kappa shape index (κ3) is 8.06. The molecule has 0 aliphatic heterocycles. The molecule has 0 heterocycles. The van der Waals surface area contributed by atoms with Crippen LogP contribution in [0.1, 0.15) is 38.1 Å². The van der Waals surface area contributed by atoms with Crippen molar-refractivity contribution in [2.45, 2.75) is 44.5 Å². The summed E-state index contributed by atoms with van der Waals surface area (Å²) in [5.41, 5.74) is -0.162. The van der Waals surface area contributed by atoms with E-state index in [2.05, 4.69) is 15.9 Å². The van der Waals surface area contributed by atoms with Crippen LogP contribution >= 0.6 is 40.4 Å². The van der Waals surface area contributed by atoms with Crippen LogP contribution < -0.4 is 9.44 Å². The van der Waals surface area contributed by atoms with Gasteiger partial charge < -0.3 is 9.47 Å². The average Bonchev–Trinajstić information content (AvgIpc) is 2.51. The highest BCUT2D eigenvalue weighted by atomic mass is 79.9. The summed E-state index contributed by atoms with van der Waals surface area (Å²) in [6.07, 6.45) is -0.967. The Balaban J connectivity index is 3.40. The number of hydrogen-bond donors (Lipinski definition) is 2. The summed E-state index contributed by atoms with van der Waals surface area (Å²) in [7, 11) is -9.80. The van der Waals surface area contributed by atoms with Gasteiger partial charge in [-0.2, -0.15) is 0 Å². The Kier molecular flexibility index (Phi) is 9.60. The first-order chi connectivity index (χ1) is 13.7. The quantitative estimate of drug-likeness (QED) is 0.363. The number of Topliss-reactive ketones (excluding diaryl/α,β-unsaturated/α-hetero) is 1. The van der Waals surface area contributed by atoms with Crippen molar-refractivity contribution in [3.8, 4) is 0 Å². The molecular formula is C16H21BrN2O7S4. The summed E-state index contributed by atoms with van der Waals surface area (Å²) in [4.78, 5) is 12.9. The van der Waals surface area contributed by atoms with Gasteiger partial charge in [0.2, 0.25) is 0 Å². The molecule has 1 aromatic rings. The van der Waals surface area contributed by atoms with Gasteiger partial charge in [0.15, 0.2) is 5.78 Å². The average molecular weight is 562 g/mol. The Morgan fingerprint density at radius 1 is 0.867 bits per heavy atom. The minimum absolute atomic E-state index is 0.162. The number of thiocarbonyl (C=S) groups is 2. The number of carbonyl (C=O) groups excluding carboxylic acids is 1. The minimum atomic E-state index is -4.90. The molecule has 0 saturated heterocycles. The van der Waals surface area contributed by atoms with E-state index in [4.69, 9.17) is 33.9 Å². The van der Waals surface area contributed by atoms with Gasteiger partial charge in [-0.15, -0.1) is 0 Å². The zero-order valence-corrected chi connectivity index (χ0v) is 21.3. The van der Waals surface area contributed by atoms with Crippen LogP contribution in [0, 0.1) is 0 Å². The van der Waals surface area contributed by atoms with Gasteiger partial charge in [-0.3, -0.25) is 4.79 Å². The number of carbonyl (C=O) groups is 1. The summed E-state index contributed by atoms with van der Waals surface area (Å²) in [5, 5.41) is -1.20. The van der Waals surface area contributed by atoms with E-state index in [9.17, 15) is 21.6 Å². The zero-order valence-electron chi connectivity index (χ0n) is 16.4. The third-order valence-corrected chi connectivity index (χ3v) is 8.24. The maximum Gasteiger partial charge on any atom is 0.270 e. The van der Waals surface area contributed by atoms with Gasteiger partial charge in [-0.05, 0) is 64.3 Å². The van der Waals surface area contributed by atoms with Crippen molar-refractivity contribution in [2.75, 3.05) is 0 Å². The fraction of sp³-hybridized carbons (Fsp3) is 0.438. The lowest BCUT2D eigenvalue weighted by atomic mass is 10.1. The zero-order chi connectivity index (χ0) is 23.3. The molecular weight excluding hydrogens is 540 g/mol. The maximum absolute atomic E-state index is 12.9. The monoisotopic (exact) mass is 560 g/mol. The van der Waals surface area contributed by atoms with Crippen molar-refractivity contribution in [1.82, 2.24) is 9.44 Å². The molecule has 1 rings (SSSR count). The van der Waals surface area contributed by atoms with Crippen molar-refractivity contribution >= 4 is 76.5 Å². The molecule has 0 aliphatic carbocycles. The molecule has 0 atom stereocenters. The number of nitrogens with one attached hydrogen (secondary N) is 2. The molecule has 0 radical (unpaired) electrons. The highest BCUT2D eigenvalue weighted by Gasteiger charge is 2.46. The number of benzene rings is 1. The highest BCUT2D eigenvalue weighted by molar-refractivity contribution is 9.10. The van der Waals surface area contributed by atoms with Crippen molar-refractivity contribution in [3.63, 3.8) is 0 Å². The topological polar surface area (TPSA) is 128 Å². The molecule has 0 spiro atoms. The van der Waals surface area contributed by atoms with Crippen LogP contribution in [-0.2, 0) is 29.5 Å². The fourth-order valence-electron chi connectivity index (χ4n) is 2.01. The van der Waals surface area contributed by atoms with Gasteiger partial charge in [0.05, 0.1) is 12.2 Å². The maximum atomic E-state index is 12.9. The molecule has 0 bridgehead atoms. The Morgan fingerprint density at radius 2 is 1.23 bits per heavy atom. The van der Waals surface area contributed by atoms with Crippen LogP contribution in [0.3, 0.4) is 0 Å². The summed E-state index contributed by atoms with van der Waals surface area (Å²) in [6, 6.07) is 5.47. The smallest absolute Gasteiger partial charge is 0.270 e. The van der Waals surface area contributed by atoms with E-state index in [-0.39, 0.29) is 5.56 Å². The van der Waals surface area contributed by atoms with E-state index in [0.29, 0.717) is 4.47 Å². The van der Waals surface area contributed by atoms with Crippen LogP contribution in [-0.4, -0.2) is 49.8 Å². The predicted octanol–water partition coefficient (Wildman–Crippen LogP) is 2.22.